The first kappa shape index (κ1) is 14.0. The van der Waals surface area contributed by atoms with Crippen LogP contribution in [0.25, 0.3) is 11.0 Å². The molecule has 0 aliphatic rings. The highest BCUT2D eigenvalue weighted by Gasteiger charge is 2.06. The Morgan fingerprint density at radius 3 is 2.83 bits per heavy atom. The molecule has 0 unspecified atom stereocenters. The predicted octanol–water partition coefficient (Wildman–Crippen LogP) is 3.56. The second kappa shape index (κ2) is 6.26. The fraction of sp³-hybridized carbons (Fsp3) is 0.118. The third-order valence-electron chi connectivity index (χ3n) is 3.58. The Bertz CT molecular complexity index is 913. The lowest BCUT2D eigenvalue weighted by Gasteiger charge is -1.98. The van der Waals surface area contributed by atoms with Crippen molar-refractivity contribution in [2.45, 2.75) is 17.3 Å². The zero-order valence-corrected chi connectivity index (χ0v) is 13.2. The van der Waals surface area contributed by atoms with Crippen molar-refractivity contribution in [2.75, 3.05) is 0 Å². The number of hydrogen-bond donors (Lipinski definition) is 2. The average Bonchev–Trinajstić information content (AvgIpc) is 3.22. The summed E-state index contributed by atoms with van der Waals surface area (Å²) in [5.41, 5.74) is 4.50. The van der Waals surface area contributed by atoms with E-state index in [4.69, 9.17) is 0 Å². The van der Waals surface area contributed by atoms with Crippen LogP contribution in [0.1, 0.15) is 17.0 Å². The van der Waals surface area contributed by atoms with Gasteiger partial charge in [0.1, 0.15) is 5.82 Å². The molecule has 4 aromatic rings. The van der Waals surface area contributed by atoms with Gasteiger partial charge in [0.15, 0.2) is 0 Å². The summed E-state index contributed by atoms with van der Waals surface area (Å²) in [4.78, 5) is 11.9. The Labute approximate surface area is 137 Å². The molecular formula is C17H15N5S. The highest BCUT2D eigenvalue weighted by Crippen LogP contribution is 2.21. The molecule has 0 aliphatic heterocycles. The van der Waals surface area contributed by atoms with E-state index in [0.717, 1.165) is 34.2 Å². The van der Waals surface area contributed by atoms with Crippen LogP contribution in [0, 0.1) is 0 Å². The maximum Gasteiger partial charge on any atom is 0.208 e. The van der Waals surface area contributed by atoms with E-state index in [9.17, 15) is 0 Å². The van der Waals surface area contributed by atoms with E-state index in [1.54, 1.807) is 18.1 Å². The number of aromatic nitrogens is 5. The second-order valence-electron chi connectivity index (χ2n) is 5.27. The monoisotopic (exact) mass is 321 g/mol. The zero-order chi connectivity index (χ0) is 15.5. The molecule has 0 radical (unpaired) electrons. The van der Waals surface area contributed by atoms with E-state index in [1.807, 2.05) is 24.3 Å². The van der Waals surface area contributed by atoms with Crippen LogP contribution in [0.4, 0.5) is 0 Å². The van der Waals surface area contributed by atoms with Crippen molar-refractivity contribution >= 4 is 22.8 Å². The molecule has 2 heterocycles. The molecule has 5 nitrogen and oxygen atoms in total. The van der Waals surface area contributed by atoms with Crippen LogP contribution in [0.5, 0.6) is 0 Å². The van der Waals surface area contributed by atoms with Crippen molar-refractivity contribution in [2.24, 2.45) is 0 Å². The number of benzene rings is 2. The SMILES string of the molecule is c1ccc(Cc2nc(SCc3ccc4nc[nH]c4c3)n[nH]2)cc1. The summed E-state index contributed by atoms with van der Waals surface area (Å²) in [6.07, 6.45) is 2.49. The number of nitrogens with one attached hydrogen (secondary N) is 2. The van der Waals surface area contributed by atoms with Crippen LogP contribution in [0.2, 0.25) is 0 Å². The summed E-state index contributed by atoms with van der Waals surface area (Å²) < 4.78 is 0. The third kappa shape index (κ3) is 3.27. The molecule has 0 aliphatic carbocycles. The molecule has 6 heteroatoms. The first-order valence-electron chi connectivity index (χ1n) is 7.37. The van der Waals surface area contributed by atoms with Gasteiger partial charge in [0, 0.05) is 12.2 Å². The van der Waals surface area contributed by atoms with Crippen molar-refractivity contribution in [1.82, 2.24) is 25.1 Å². The summed E-state index contributed by atoms with van der Waals surface area (Å²) in [6.45, 7) is 0. The summed E-state index contributed by atoms with van der Waals surface area (Å²) in [6, 6.07) is 16.5. The van der Waals surface area contributed by atoms with Crippen molar-refractivity contribution in [1.29, 1.82) is 0 Å². The molecule has 2 aromatic heterocycles. The molecule has 0 spiro atoms. The highest BCUT2D eigenvalue weighted by atomic mass is 32.2. The number of fused-ring (bicyclic) bond motifs is 1. The lowest BCUT2D eigenvalue weighted by molar-refractivity contribution is 0.956. The number of thioether (sulfide) groups is 1. The smallest absolute Gasteiger partial charge is 0.208 e. The summed E-state index contributed by atoms with van der Waals surface area (Å²) >= 11 is 1.63. The van der Waals surface area contributed by atoms with Gasteiger partial charge in [0.2, 0.25) is 5.16 Å². The quantitative estimate of drug-likeness (QED) is 0.551. The highest BCUT2D eigenvalue weighted by molar-refractivity contribution is 7.98. The van der Waals surface area contributed by atoms with E-state index in [0.29, 0.717) is 0 Å². The molecule has 4 rings (SSSR count). The van der Waals surface area contributed by atoms with Crippen molar-refractivity contribution < 1.29 is 0 Å². The molecule has 114 valence electrons. The topological polar surface area (TPSA) is 70.2 Å². The minimum Gasteiger partial charge on any atom is -0.345 e. The Morgan fingerprint density at radius 2 is 1.91 bits per heavy atom. The number of imidazole rings is 1. The standard InChI is InChI=1S/C17H15N5S/c1-2-4-12(5-3-1)9-16-20-17(22-21-16)23-10-13-6-7-14-15(8-13)19-11-18-14/h1-8,11H,9-10H2,(H,18,19)(H,20,21,22). The average molecular weight is 321 g/mol. The number of rotatable bonds is 5. The molecule has 0 atom stereocenters. The first-order valence-corrected chi connectivity index (χ1v) is 8.35. The minimum absolute atomic E-state index is 0.772. The molecule has 0 saturated carbocycles. The molecule has 23 heavy (non-hydrogen) atoms. The largest absolute Gasteiger partial charge is 0.345 e. The molecule has 2 aromatic carbocycles. The normalized spacial score (nSPS) is 11.1. The van der Waals surface area contributed by atoms with Gasteiger partial charge in [-0.3, -0.25) is 5.10 Å². The Balaban J connectivity index is 1.41. The van der Waals surface area contributed by atoms with Gasteiger partial charge in [-0.05, 0) is 23.3 Å². The van der Waals surface area contributed by atoms with Gasteiger partial charge in [0.25, 0.3) is 0 Å². The maximum atomic E-state index is 4.55. The van der Waals surface area contributed by atoms with Crippen molar-refractivity contribution in [3.63, 3.8) is 0 Å². The van der Waals surface area contributed by atoms with E-state index in [2.05, 4.69) is 49.4 Å². The lowest BCUT2D eigenvalue weighted by atomic mass is 10.1. The van der Waals surface area contributed by atoms with E-state index in [1.165, 1.54) is 11.1 Å². The van der Waals surface area contributed by atoms with Gasteiger partial charge in [-0.2, -0.15) is 0 Å². The first-order chi connectivity index (χ1) is 11.4. The fourth-order valence-corrected chi connectivity index (χ4v) is 3.19. The second-order valence-corrected chi connectivity index (χ2v) is 6.21. The van der Waals surface area contributed by atoms with Gasteiger partial charge in [-0.1, -0.05) is 48.2 Å². The summed E-state index contributed by atoms with van der Waals surface area (Å²) in [5, 5.41) is 8.08. The fourth-order valence-electron chi connectivity index (χ4n) is 2.43. The molecule has 0 bridgehead atoms. The number of aromatic amines is 2. The Kier molecular flexibility index (Phi) is 3.81. The molecule has 0 saturated heterocycles. The zero-order valence-electron chi connectivity index (χ0n) is 12.4. The Hall–Kier alpha value is -2.60. The molecular weight excluding hydrogens is 306 g/mol. The van der Waals surface area contributed by atoms with Crippen LogP contribution in [0.15, 0.2) is 60.0 Å². The number of hydrogen-bond acceptors (Lipinski definition) is 4. The van der Waals surface area contributed by atoms with Gasteiger partial charge in [-0.25, -0.2) is 9.97 Å². The van der Waals surface area contributed by atoms with E-state index in [-0.39, 0.29) is 0 Å². The predicted molar refractivity (Wildman–Crippen MR) is 91.3 cm³/mol. The molecule has 0 fully saturated rings. The summed E-state index contributed by atoms with van der Waals surface area (Å²) in [5.74, 6) is 1.72. The van der Waals surface area contributed by atoms with Crippen molar-refractivity contribution in [3.8, 4) is 0 Å². The maximum absolute atomic E-state index is 4.55. The van der Waals surface area contributed by atoms with Gasteiger partial charge >= 0.3 is 0 Å². The van der Waals surface area contributed by atoms with Gasteiger partial charge < -0.3 is 4.98 Å². The Morgan fingerprint density at radius 1 is 1.00 bits per heavy atom. The summed E-state index contributed by atoms with van der Waals surface area (Å²) in [7, 11) is 0. The van der Waals surface area contributed by atoms with E-state index < -0.39 is 0 Å². The minimum atomic E-state index is 0.772. The van der Waals surface area contributed by atoms with Gasteiger partial charge in [0.05, 0.1) is 17.4 Å². The number of H-pyrrole nitrogens is 2. The molecule has 0 amide bonds. The lowest BCUT2D eigenvalue weighted by Crippen LogP contribution is -1.90. The van der Waals surface area contributed by atoms with Crippen LogP contribution in [-0.4, -0.2) is 25.1 Å². The van der Waals surface area contributed by atoms with E-state index >= 15 is 0 Å². The molecule has 2 N–H and O–H groups in total. The van der Waals surface area contributed by atoms with Crippen molar-refractivity contribution in [3.05, 3.63) is 71.8 Å². The van der Waals surface area contributed by atoms with Crippen LogP contribution in [-0.2, 0) is 12.2 Å². The number of nitrogens with zero attached hydrogens (tertiary/aromatic N) is 3. The van der Waals surface area contributed by atoms with Gasteiger partial charge in [-0.15, -0.1) is 5.10 Å². The third-order valence-corrected chi connectivity index (χ3v) is 4.50. The van der Waals surface area contributed by atoms with Crippen LogP contribution < -0.4 is 0 Å². The van der Waals surface area contributed by atoms with Crippen LogP contribution in [0.3, 0.4) is 0 Å². The van der Waals surface area contributed by atoms with Crippen LogP contribution >= 0.6 is 11.8 Å².